The van der Waals surface area contributed by atoms with Crippen LogP contribution in [0, 0.1) is 0 Å². The minimum atomic E-state index is 0.202. The van der Waals surface area contributed by atoms with E-state index in [2.05, 4.69) is 30.5 Å². The molecule has 9 nitrogen and oxygen atoms in total. The van der Waals surface area contributed by atoms with Gasteiger partial charge >= 0.3 is 0 Å². The molecule has 2 aromatic heterocycles. The molecule has 2 N–H and O–H groups in total. The second-order valence-electron chi connectivity index (χ2n) is 4.59. The highest BCUT2D eigenvalue weighted by atomic mass is 32.2. The van der Waals surface area contributed by atoms with Crippen LogP contribution in [0.4, 0.5) is 11.9 Å². The van der Waals surface area contributed by atoms with E-state index in [1.807, 2.05) is 27.9 Å². The van der Waals surface area contributed by atoms with Crippen molar-refractivity contribution in [3.05, 3.63) is 5.82 Å². The Kier molecular flexibility index (Phi) is 4.32. The van der Waals surface area contributed by atoms with Crippen molar-refractivity contribution in [2.45, 2.75) is 30.8 Å². The molecule has 0 aliphatic carbocycles. The lowest BCUT2D eigenvalue weighted by atomic mass is 10.4. The predicted molar refractivity (Wildman–Crippen MR) is 76.3 cm³/mol. The molecule has 0 bridgehead atoms. The number of nitrogens with two attached hydrogens (primary N) is 1. The van der Waals surface area contributed by atoms with Gasteiger partial charge in [0.15, 0.2) is 0 Å². The molecule has 0 spiro atoms. The number of nitrogens with zero attached hydrogens (tertiary/aromatic N) is 8. The normalized spacial score (nSPS) is 11.1. The molecule has 0 atom stereocenters. The van der Waals surface area contributed by atoms with Crippen LogP contribution in [0.2, 0.25) is 0 Å². The van der Waals surface area contributed by atoms with E-state index in [1.165, 1.54) is 11.8 Å². The quantitative estimate of drug-likeness (QED) is 0.782. The van der Waals surface area contributed by atoms with Crippen molar-refractivity contribution in [1.29, 1.82) is 0 Å². The van der Waals surface area contributed by atoms with Crippen molar-refractivity contribution < 1.29 is 0 Å². The maximum Gasteiger partial charge on any atom is 0.229 e. The fourth-order valence-electron chi connectivity index (χ4n) is 1.42. The van der Waals surface area contributed by atoms with Crippen LogP contribution in [0.15, 0.2) is 5.16 Å². The van der Waals surface area contributed by atoms with Gasteiger partial charge in [-0.15, -0.1) is 5.10 Å². The van der Waals surface area contributed by atoms with Crippen molar-refractivity contribution in [3.8, 4) is 0 Å². The van der Waals surface area contributed by atoms with Crippen molar-refractivity contribution in [1.82, 2.24) is 35.2 Å². The molecule has 0 aromatic carbocycles. The number of rotatable bonds is 5. The second kappa shape index (κ2) is 5.99. The van der Waals surface area contributed by atoms with E-state index in [-0.39, 0.29) is 12.0 Å². The Morgan fingerprint density at radius 1 is 1.25 bits per heavy atom. The van der Waals surface area contributed by atoms with Crippen LogP contribution in [0.3, 0.4) is 0 Å². The van der Waals surface area contributed by atoms with E-state index in [1.54, 1.807) is 9.58 Å². The lowest BCUT2D eigenvalue weighted by Crippen LogP contribution is -2.16. The number of hydrogen-bond donors (Lipinski definition) is 1. The molecule has 108 valence electrons. The maximum atomic E-state index is 5.68. The standard InChI is InChI=1S/C10H17N9S/c1-6(2)19-10(15-16-17-19)20-5-7-12-8(11)14-9(13-7)18(3)4/h6H,5H2,1-4H3,(H2,11,12,13,14). The molecule has 10 heteroatoms. The van der Waals surface area contributed by atoms with Gasteiger partial charge in [-0.1, -0.05) is 11.8 Å². The average Bonchev–Trinajstić information content (AvgIpc) is 2.84. The summed E-state index contributed by atoms with van der Waals surface area (Å²) in [6.07, 6.45) is 0. The molecule has 0 aliphatic heterocycles. The van der Waals surface area contributed by atoms with E-state index in [9.17, 15) is 0 Å². The van der Waals surface area contributed by atoms with E-state index in [4.69, 9.17) is 5.73 Å². The van der Waals surface area contributed by atoms with Crippen LogP contribution in [0.1, 0.15) is 25.7 Å². The predicted octanol–water partition coefficient (Wildman–Crippen LogP) is 0.379. The average molecular weight is 295 g/mol. The zero-order chi connectivity index (χ0) is 14.7. The Balaban J connectivity index is 2.12. The summed E-state index contributed by atoms with van der Waals surface area (Å²) in [6.45, 7) is 4.04. The largest absolute Gasteiger partial charge is 0.368 e. The van der Waals surface area contributed by atoms with E-state index in [0.29, 0.717) is 17.5 Å². The first-order valence-corrected chi connectivity index (χ1v) is 7.04. The minimum absolute atomic E-state index is 0.202. The number of thioether (sulfide) groups is 1. The highest BCUT2D eigenvalue weighted by Gasteiger charge is 2.12. The second-order valence-corrected chi connectivity index (χ2v) is 5.54. The summed E-state index contributed by atoms with van der Waals surface area (Å²) in [4.78, 5) is 14.3. The summed E-state index contributed by atoms with van der Waals surface area (Å²) in [7, 11) is 3.70. The molecule has 0 saturated heterocycles. The molecule has 20 heavy (non-hydrogen) atoms. The van der Waals surface area contributed by atoms with Crippen molar-refractivity contribution in [2.75, 3.05) is 24.7 Å². The molecule has 0 amide bonds. The molecule has 2 heterocycles. The molecule has 0 fully saturated rings. The van der Waals surface area contributed by atoms with Gasteiger partial charge in [0.25, 0.3) is 0 Å². The van der Waals surface area contributed by atoms with Crippen LogP contribution < -0.4 is 10.6 Å². The van der Waals surface area contributed by atoms with Gasteiger partial charge in [-0.05, 0) is 24.3 Å². The summed E-state index contributed by atoms with van der Waals surface area (Å²) < 4.78 is 1.75. The van der Waals surface area contributed by atoms with Gasteiger partial charge in [0, 0.05) is 14.1 Å². The van der Waals surface area contributed by atoms with Crippen LogP contribution in [0.5, 0.6) is 0 Å². The Morgan fingerprint density at radius 2 is 2.00 bits per heavy atom. The van der Waals surface area contributed by atoms with Gasteiger partial charge in [0.2, 0.25) is 17.1 Å². The topological polar surface area (TPSA) is 112 Å². The van der Waals surface area contributed by atoms with Gasteiger partial charge in [-0.25, -0.2) is 4.68 Å². The monoisotopic (exact) mass is 295 g/mol. The van der Waals surface area contributed by atoms with Crippen LogP contribution in [-0.4, -0.2) is 49.3 Å². The summed E-state index contributed by atoms with van der Waals surface area (Å²) in [5.74, 6) is 1.88. The number of aromatic nitrogens is 7. The molecule has 0 saturated carbocycles. The van der Waals surface area contributed by atoms with Crippen LogP contribution >= 0.6 is 11.8 Å². The maximum absolute atomic E-state index is 5.68. The van der Waals surface area contributed by atoms with Crippen molar-refractivity contribution >= 4 is 23.7 Å². The molecule has 0 radical (unpaired) electrons. The fraction of sp³-hybridized carbons (Fsp3) is 0.600. The minimum Gasteiger partial charge on any atom is -0.368 e. The van der Waals surface area contributed by atoms with Crippen LogP contribution in [-0.2, 0) is 5.75 Å². The summed E-state index contributed by atoms with van der Waals surface area (Å²) >= 11 is 1.46. The highest BCUT2D eigenvalue weighted by Crippen LogP contribution is 2.21. The molecule has 2 rings (SSSR count). The number of hydrogen-bond acceptors (Lipinski definition) is 9. The Morgan fingerprint density at radius 3 is 2.65 bits per heavy atom. The Labute approximate surface area is 121 Å². The van der Waals surface area contributed by atoms with E-state index in [0.717, 1.165) is 5.16 Å². The van der Waals surface area contributed by atoms with Gasteiger partial charge < -0.3 is 10.6 Å². The molecule has 0 unspecified atom stereocenters. The van der Waals surface area contributed by atoms with Gasteiger partial charge in [0.05, 0.1) is 11.8 Å². The van der Waals surface area contributed by atoms with Gasteiger partial charge in [-0.2, -0.15) is 15.0 Å². The highest BCUT2D eigenvalue weighted by molar-refractivity contribution is 7.98. The first-order chi connectivity index (χ1) is 9.47. The third-order valence-corrected chi connectivity index (χ3v) is 3.30. The molecule has 0 aliphatic rings. The van der Waals surface area contributed by atoms with Crippen LogP contribution in [0.25, 0.3) is 0 Å². The lowest BCUT2D eigenvalue weighted by Gasteiger charge is -2.11. The van der Waals surface area contributed by atoms with E-state index >= 15 is 0 Å². The SMILES string of the molecule is CC(C)n1nnnc1SCc1nc(N)nc(N(C)C)n1. The van der Waals surface area contributed by atoms with Crippen molar-refractivity contribution in [3.63, 3.8) is 0 Å². The smallest absolute Gasteiger partial charge is 0.229 e. The van der Waals surface area contributed by atoms with Gasteiger partial charge in [0.1, 0.15) is 5.82 Å². The molecular formula is C10H17N9S. The Bertz CT molecular complexity index is 580. The molecule has 2 aromatic rings. The first kappa shape index (κ1) is 14.4. The Hall–Kier alpha value is -1.97. The lowest BCUT2D eigenvalue weighted by molar-refractivity contribution is 0.477. The number of anilines is 2. The summed E-state index contributed by atoms with van der Waals surface area (Å²) in [6, 6.07) is 0.202. The zero-order valence-corrected chi connectivity index (χ0v) is 12.7. The van der Waals surface area contributed by atoms with Crippen molar-refractivity contribution in [2.24, 2.45) is 0 Å². The zero-order valence-electron chi connectivity index (χ0n) is 11.8. The third-order valence-electron chi connectivity index (χ3n) is 2.37. The summed E-state index contributed by atoms with van der Waals surface area (Å²) in [5, 5.41) is 12.3. The number of nitrogen functional groups attached to an aromatic ring is 1. The summed E-state index contributed by atoms with van der Waals surface area (Å²) in [5.41, 5.74) is 5.68. The molecular weight excluding hydrogens is 278 g/mol. The van der Waals surface area contributed by atoms with Gasteiger partial charge in [-0.3, -0.25) is 0 Å². The first-order valence-electron chi connectivity index (χ1n) is 6.05. The fourth-order valence-corrected chi connectivity index (χ4v) is 2.28. The third kappa shape index (κ3) is 3.32. The number of tetrazole rings is 1. The van der Waals surface area contributed by atoms with E-state index < -0.39 is 0 Å².